The van der Waals surface area contributed by atoms with Crippen LogP contribution >= 0.6 is 0 Å². The van der Waals surface area contributed by atoms with E-state index in [-0.39, 0.29) is 0 Å². The van der Waals surface area contributed by atoms with Crippen molar-refractivity contribution < 1.29 is 9.47 Å². The molecule has 1 fully saturated rings. The maximum Gasteiger partial charge on any atom is 0.119 e. The van der Waals surface area contributed by atoms with Gasteiger partial charge in [0.2, 0.25) is 0 Å². The van der Waals surface area contributed by atoms with Crippen molar-refractivity contribution in [2.45, 2.75) is 26.3 Å². The molecule has 0 aliphatic carbocycles. The van der Waals surface area contributed by atoms with Crippen LogP contribution in [0.2, 0.25) is 0 Å². The number of methoxy groups -OCH3 is 1. The third kappa shape index (κ3) is 2.85. The van der Waals surface area contributed by atoms with Gasteiger partial charge in [0, 0.05) is 18.6 Å². The Morgan fingerprint density at radius 1 is 1.50 bits per heavy atom. The van der Waals surface area contributed by atoms with E-state index in [0.717, 1.165) is 31.9 Å². The molecule has 2 atom stereocenters. The molecule has 0 aromatic heterocycles. The van der Waals surface area contributed by atoms with Crippen molar-refractivity contribution in [2.75, 3.05) is 26.9 Å². The highest BCUT2D eigenvalue weighted by Gasteiger charge is 2.27. The molecule has 0 amide bonds. The molecular weight excluding hydrogens is 226 g/mol. The molecule has 1 aromatic carbocycles. The molecule has 2 unspecified atom stereocenters. The van der Waals surface area contributed by atoms with Crippen LogP contribution in [0.25, 0.3) is 0 Å². The Morgan fingerprint density at radius 2 is 2.33 bits per heavy atom. The lowest BCUT2D eigenvalue weighted by atomic mass is 9.89. The smallest absolute Gasteiger partial charge is 0.119 e. The number of aryl methyl sites for hydroxylation is 1. The average molecular weight is 249 g/mol. The van der Waals surface area contributed by atoms with Gasteiger partial charge in [0.25, 0.3) is 0 Å². The van der Waals surface area contributed by atoms with E-state index in [9.17, 15) is 0 Å². The number of benzene rings is 1. The van der Waals surface area contributed by atoms with Crippen LogP contribution < -0.4 is 10.1 Å². The fourth-order valence-corrected chi connectivity index (χ4v) is 2.69. The molecule has 3 nitrogen and oxygen atoms in total. The molecule has 100 valence electrons. The van der Waals surface area contributed by atoms with Gasteiger partial charge in [0.15, 0.2) is 0 Å². The van der Waals surface area contributed by atoms with E-state index in [2.05, 4.69) is 31.3 Å². The van der Waals surface area contributed by atoms with Gasteiger partial charge in [-0.3, -0.25) is 0 Å². The maximum absolute atomic E-state index is 5.53. The van der Waals surface area contributed by atoms with Crippen LogP contribution in [0.1, 0.15) is 30.5 Å². The van der Waals surface area contributed by atoms with Crippen molar-refractivity contribution in [1.29, 1.82) is 0 Å². The molecule has 0 radical (unpaired) electrons. The Kier molecular flexibility index (Phi) is 4.61. The summed E-state index contributed by atoms with van der Waals surface area (Å²) in [7, 11) is 1.71. The number of nitrogens with one attached hydrogen (secondary N) is 1. The lowest BCUT2D eigenvalue weighted by molar-refractivity contribution is 0.177. The van der Waals surface area contributed by atoms with Gasteiger partial charge in [-0.15, -0.1) is 0 Å². The first-order chi connectivity index (χ1) is 8.76. The molecule has 0 spiro atoms. The highest BCUT2D eigenvalue weighted by Crippen LogP contribution is 2.32. The van der Waals surface area contributed by atoms with Crippen LogP contribution in [0.15, 0.2) is 18.2 Å². The number of rotatable bonds is 5. The van der Waals surface area contributed by atoms with Gasteiger partial charge >= 0.3 is 0 Å². The predicted molar refractivity (Wildman–Crippen MR) is 73.1 cm³/mol. The van der Waals surface area contributed by atoms with Crippen LogP contribution in [0.5, 0.6) is 5.75 Å². The van der Waals surface area contributed by atoms with Gasteiger partial charge in [-0.1, -0.05) is 13.0 Å². The second kappa shape index (κ2) is 6.21. The minimum Gasteiger partial charge on any atom is -0.497 e. The summed E-state index contributed by atoms with van der Waals surface area (Å²) in [6.45, 7) is 7.04. The van der Waals surface area contributed by atoms with Crippen molar-refractivity contribution in [3.63, 3.8) is 0 Å². The van der Waals surface area contributed by atoms with E-state index in [1.165, 1.54) is 11.1 Å². The summed E-state index contributed by atoms with van der Waals surface area (Å²) in [5.74, 6) is 1.51. The average Bonchev–Trinajstić information content (AvgIpc) is 2.90. The standard InChI is InChI=1S/C15H23NO2/c1-4-16-15(12-7-8-18-10-12)14-6-5-13(17-3)9-11(14)2/h5-6,9,12,15-16H,4,7-8,10H2,1-3H3. The summed E-state index contributed by atoms with van der Waals surface area (Å²) < 4.78 is 10.8. The molecule has 1 aliphatic rings. The summed E-state index contributed by atoms with van der Waals surface area (Å²) in [6, 6.07) is 6.72. The lowest BCUT2D eigenvalue weighted by Gasteiger charge is -2.25. The summed E-state index contributed by atoms with van der Waals surface area (Å²) in [4.78, 5) is 0. The second-order valence-electron chi connectivity index (χ2n) is 4.88. The molecule has 18 heavy (non-hydrogen) atoms. The van der Waals surface area contributed by atoms with Crippen LogP contribution in [0.4, 0.5) is 0 Å². The Labute approximate surface area is 109 Å². The monoisotopic (exact) mass is 249 g/mol. The zero-order valence-electron chi connectivity index (χ0n) is 11.5. The van der Waals surface area contributed by atoms with Crippen LogP contribution in [-0.2, 0) is 4.74 Å². The summed E-state index contributed by atoms with van der Waals surface area (Å²) in [5.41, 5.74) is 2.65. The summed E-state index contributed by atoms with van der Waals surface area (Å²) in [5, 5.41) is 3.60. The van der Waals surface area contributed by atoms with Crippen molar-refractivity contribution in [3.05, 3.63) is 29.3 Å². The molecular formula is C15H23NO2. The number of hydrogen-bond donors (Lipinski definition) is 1. The maximum atomic E-state index is 5.53. The molecule has 0 saturated carbocycles. The quantitative estimate of drug-likeness (QED) is 0.870. The van der Waals surface area contributed by atoms with E-state index in [1.54, 1.807) is 7.11 Å². The van der Waals surface area contributed by atoms with E-state index >= 15 is 0 Å². The topological polar surface area (TPSA) is 30.5 Å². The number of hydrogen-bond acceptors (Lipinski definition) is 3. The zero-order chi connectivity index (χ0) is 13.0. The normalized spacial score (nSPS) is 20.9. The van der Waals surface area contributed by atoms with Crippen molar-refractivity contribution >= 4 is 0 Å². The zero-order valence-corrected chi connectivity index (χ0v) is 11.5. The highest BCUT2D eigenvalue weighted by atomic mass is 16.5. The van der Waals surface area contributed by atoms with Crippen molar-refractivity contribution in [3.8, 4) is 5.75 Å². The Hall–Kier alpha value is -1.06. The highest BCUT2D eigenvalue weighted by molar-refractivity contribution is 5.37. The molecule has 3 heteroatoms. The largest absolute Gasteiger partial charge is 0.497 e. The molecule has 1 aliphatic heterocycles. The number of ether oxygens (including phenoxy) is 2. The van der Waals surface area contributed by atoms with Crippen LogP contribution in [0, 0.1) is 12.8 Å². The summed E-state index contributed by atoms with van der Waals surface area (Å²) in [6.07, 6.45) is 1.14. The Morgan fingerprint density at radius 3 is 2.89 bits per heavy atom. The molecule has 1 saturated heterocycles. The molecule has 2 rings (SSSR count). The fourth-order valence-electron chi connectivity index (χ4n) is 2.69. The molecule has 1 heterocycles. The van der Waals surface area contributed by atoms with E-state index in [4.69, 9.17) is 9.47 Å². The molecule has 1 N–H and O–H groups in total. The van der Waals surface area contributed by atoms with Gasteiger partial charge in [0.1, 0.15) is 5.75 Å². The van der Waals surface area contributed by atoms with Gasteiger partial charge in [0.05, 0.1) is 13.7 Å². The van der Waals surface area contributed by atoms with Crippen molar-refractivity contribution in [2.24, 2.45) is 5.92 Å². The Bertz CT molecular complexity index is 386. The van der Waals surface area contributed by atoms with Crippen molar-refractivity contribution in [1.82, 2.24) is 5.32 Å². The van der Waals surface area contributed by atoms with E-state index < -0.39 is 0 Å². The second-order valence-corrected chi connectivity index (χ2v) is 4.88. The first kappa shape index (κ1) is 13.4. The first-order valence-corrected chi connectivity index (χ1v) is 6.72. The van der Waals surface area contributed by atoms with Gasteiger partial charge < -0.3 is 14.8 Å². The van der Waals surface area contributed by atoms with E-state index in [1.807, 2.05) is 6.07 Å². The Balaban J connectivity index is 2.23. The fraction of sp³-hybridized carbons (Fsp3) is 0.600. The molecule has 0 bridgehead atoms. The lowest BCUT2D eigenvalue weighted by Crippen LogP contribution is -2.29. The summed E-state index contributed by atoms with van der Waals surface area (Å²) >= 11 is 0. The SMILES string of the molecule is CCNC(c1ccc(OC)cc1C)C1CCOC1. The van der Waals surface area contributed by atoms with Gasteiger partial charge in [-0.2, -0.15) is 0 Å². The molecule has 1 aromatic rings. The third-order valence-electron chi connectivity index (χ3n) is 3.67. The van der Waals surface area contributed by atoms with Gasteiger partial charge in [-0.05, 0) is 43.1 Å². The minimum atomic E-state index is 0.392. The van der Waals surface area contributed by atoms with Crippen LogP contribution in [-0.4, -0.2) is 26.9 Å². The van der Waals surface area contributed by atoms with E-state index in [0.29, 0.717) is 12.0 Å². The van der Waals surface area contributed by atoms with Crippen LogP contribution in [0.3, 0.4) is 0 Å². The predicted octanol–water partition coefficient (Wildman–Crippen LogP) is 2.69. The first-order valence-electron chi connectivity index (χ1n) is 6.72. The van der Waals surface area contributed by atoms with Gasteiger partial charge in [-0.25, -0.2) is 0 Å². The minimum absolute atomic E-state index is 0.392. The third-order valence-corrected chi connectivity index (χ3v) is 3.67.